The van der Waals surface area contributed by atoms with Crippen molar-refractivity contribution >= 4 is 29.1 Å². The number of anilines is 1. The molecule has 2 N–H and O–H groups in total. The summed E-state index contributed by atoms with van der Waals surface area (Å²) in [5.41, 5.74) is 6.53. The number of halogens is 1. The van der Waals surface area contributed by atoms with Crippen LogP contribution >= 0.6 is 11.6 Å². The van der Waals surface area contributed by atoms with Gasteiger partial charge in [-0.25, -0.2) is 0 Å². The van der Waals surface area contributed by atoms with Crippen LogP contribution in [0.4, 0.5) is 5.69 Å². The van der Waals surface area contributed by atoms with Gasteiger partial charge in [-0.1, -0.05) is 36.4 Å². The van der Waals surface area contributed by atoms with E-state index in [1.54, 1.807) is 36.4 Å². The van der Waals surface area contributed by atoms with Gasteiger partial charge in [0.05, 0.1) is 6.54 Å². The minimum absolute atomic E-state index is 0.229. The number of para-hydroxylation sites is 1. The molecule has 2 amide bonds. The summed E-state index contributed by atoms with van der Waals surface area (Å²) in [4.78, 5) is 24.7. The predicted octanol–water partition coefficient (Wildman–Crippen LogP) is 2.92. The third-order valence-corrected chi connectivity index (χ3v) is 3.50. The zero-order valence-corrected chi connectivity index (χ0v) is 13.7. The minimum atomic E-state index is -0.568. The van der Waals surface area contributed by atoms with Gasteiger partial charge in [0.25, 0.3) is 11.8 Å². The van der Waals surface area contributed by atoms with Crippen LogP contribution in [0.15, 0.2) is 61.2 Å². The molecule has 0 saturated heterocycles. The van der Waals surface area contributed by atoms with Crippen molar-refractivity contribution < 1.29 is 14.3 Å². The Morgan fingerprint density at radius 1 is 1.17 bits per heavy atom. The third kappa shape index (κ3) is 4.60. The molecule has 6 heteroatoms. The van der Waals surface area contributed by atoms with Crippen molar-refractivity contribution in [1.29, 1.82) is 0 Å². The average Bonchev–Trinajstić information content (AvgIpc) is 2.59. The van der Waals surface area contributed by atoms with E-state index in [1.807, 2.05) is 12.1 Å². The number of hydrogen-bond acceptors (Lipinski definition) is 3. The van der Waals surface area contributed by atoms with Gasteiger partial charge in [0.15, 0.2) is 6.61 Å². The van der Waals surface area contributed by atoms with E-state index in [0.29, 0.717) is 16.5 Å². The predicted molar refractivity (Wildman–Crippen MR) is 94.0 cm³/mol. The second kappa shape index (κ2) is 8.17. The summed E-state index contributed by atoms with van der Waals surface area (Å²) in [7, 11) is 0. The lowest BCUT2D eigenvalue weighted by molar-refractivity contribution is -0.120. The van der Waals surface area contributed by atoms with Gasteiger partial charge in [0.1, 0.15) is 5.75 Å². The highest BCUT2D eigenvalue weighted by atomic mass is 35.5. The van der Waals surface area contributed by atoms with Crippen molar-refractivity contribution in [2.24, 2.45) is 5.73 Å². The van der Waals surface area contributed by atoms with E-state index in [-0.39, 0.29) is 19.1 Å². The molecule has 5 nitrogen and oxygen atoms in total. The number of benzene rings is 2. The molecule has 0 spiro atoms. The number of amides is 2. The van der Waals surface area contributed by atoms with Gasteiger partial charge in [0, 0.05) is 16.3 Å². The quantitative estimate of drug-likeness (QED) is 0.785. The second-order valence-electron chi connectivity index (χ2n) is 4.97. The molecule has 0 unspecified atom stereocenters. The highest BCUT2D eigenvalue weighted by Crippen LogP contribution is 2.25. The molecule has 0 aliphatic carbocycles. The zero-order valence-electron chi connectivity index (χ0n) is 12.9. The zero-order chi connectivity index (χ0) is 17.5. The van der Waals surface area contributed by atoms with Crippen LogP contribution in [0.1, 0.15) is 5.56 Å². The highest BCUT2D eigenvalue weighted by Gasteiger charge is 2.16. The molecule has 2 aromatic rings. The lowest BCUT2D eigenvalue weighted by atomic mass is 10.1. The van der Waals surface area contributed by atoms with Gasteiger partial charge >= 0.3 is 0 Å². The largest absolute Gasteiger partial charge is 0.483 e. The molecule has 0 atom stereocenters. The molecular weight excluding hydrogens is 328 g/mol. The maximum Gasteiger partial charge on any atom is 0.255 e. The molecule has 2 rings (SSSR count). The first kappa shape index (κ1) is 17.6. The van der Waals surface area contributed by atoms with E-state index in [4.69, 9.17) is 22.1 Å². The van der Waals surface area contributed by atoms with Gasteiger partial charge in [-0.05, 0) is 36.4 Å². The van der Waals surface area contributed by atoms with E-state index in [0.717, 1.165) is 5.56 Å². The highest BCUT2D eigenvalue weighted by molar-refractivity contribution is 6.30. The van der Waals surface area contributed by atoms with Crippen molar-refractivity contribution in [3.63, 3.8) is 0 Å². The van der Waals surface area contributed by atoms with Crippen molar-refractivity contribution in [2.75, 3.05) is 11.5 Å². The fourth-order valence-electron chi connectivity index (χ4n) is 2.12. The fraction of sp³-hybridized carbons (Fsp3) is 0.111. The maximum absolute atomic E-state index is 12.2. The molecule has 24 heavy (non-hydrogen) atoms. The van der Waals surface area contributed by atoms with Crippen molar-refractivity contribution in [2.45, 2.75) is 6.54 Å². The monoisotopic (exact) mass is 344 g/mol. The number of nitrogens with zero attached hydrogens (tertiary/aromatic N) is 1. The van der Waals surface area contributed by atoms with Crippen LogP contribution in [0.5, 0.6) is 5.75 Å². The summed E-state index contributed by atoms with van der Waals surface area (Å²) >= 11 is 5.90. The standard InChI is InChI=1S/C18H17ClN2O3/c1-2-18(23)21(15-9-7-14(19)8-10-15)11-13-5-3-4-6-16(13)24-12-17(20)22/h2-10H,1,11-12H2,(H2,20,22). The fourth-order valence-corrected chi connectivity index (χ4v) is 2.25. The van der Waals surface area contributed by atoms with Gasteiger partial charge in [-0.15, -0.1) is 0 Å². The van der Waals surface area contributed by atoms with Gasteiger partial charge < -0.3 is 15.4 Å². The topological polar surface area (TPSA) is 72.6 Å². The van der Waals surface area contributed by atoms with Crippen molar-refractivity contribution in [1.82, 2.24) is 0 Å². The lowest BCUT2D eigenvalue weighted by Crippen LogP contribution is -2.29. The molecule has 0 fully saturated rings. The molecule has 0 radical (unpaired) electrons. The van der Waals surface area contributed by atoms with Crippen molar-refractivity contribution in [3.8, 4) is 5.75 Å². The Kier molecular flexibility index (Phi) is 5.98. The van der Waals surface area contributed by atoms with E-state index >= 15 is 0 Å². The lowest BCUT2D eigenvalue weighted by Gasteiger charge is -2.23. The molecule has 0 aliphatic heterocycles. The van der Waals surface area contributed by atoms with Gasteiger partial charge in [-0.2, -0.15) is 0 Å². The average molecular weight is 345 g/mol. The van der Waals surface area contributed by atoms with Crippen LogP contribution in [-0.4, -0.2) is 18.4 Å². The van der Waals surface area contributed by atoms with Crippen LogP contribution in [0.2, 0.25) is 5.02 Å². The molecule has 0 aliphatic rings. The number of nitrogens with two attached hydrogens (primary N) is 1. The minimum Gasteiger partial charge on any atom is -0.483 e. The summed E-state index contributed by atoms with van der Waals surface area (Å²) in [5.74, 6) is -0.337. The summed E-state index contributed by atoms with van der Waals surface area (Å²) in [6.07, 6.45) is 1.24. The summed E-state index contributed by atoms with van der Waals surface area (Å²) in [6.45, 7) is 3.56. The smallest absolute Gasteiger partial charge is 0.255 e. The second-order valence-corrected chi connectivity index (χ2v) is 5.40. The Hall–Kier alpha value is -2.79. The summed E-state index contributed by atoms with van der Waals surface area (Å²) in [6, 6.07) is 14.0. The van der Waals surface area contributed by atoms with Crippen LogP contribution in [-0.2, 0) is 16.1 Å². The van der Waals surface area contributed by atoms with Crippen LogP contribution in [0, 0.1) is 0 Å². The van der Waals surface area contributed by atoms with E-state index in [1.165, 1.54) is 11.0 Å². The number of carbonyl (C=O) groups excluding carboxylic acids is 2. The Morgan fingerprint density at radius 3 is 2.46 bits per heavy atom. The Morgan fingerprint density at radius 2 is 1.83 bits per heavy atom. The summed E-state index contributed by atoms with van der Waals surface area (Å²) < 4.78 is 5.41. The van der Waals surface area contributed by atoms with Crippen LogP contribution in [0.25, 0.3) is 0 Å². The van der Waals surface area contributed by atoms with Gasteiger partial charge in [0.2, 0.25) is 0 Å². The molecule has 0 saturated carbocycles. The Balaban J connectivity index is 2.30. The molecule has 0 heterocycles. The molecule has 2 aromatic carbocycles. The SMILES string of the molecule is C=CC(=O)N(Cc1ccccc1OCC(N)=O)c1ccc(Cl)cc1. The van der Waals surface area contributed by atoms with Crippen LogP contribution in [0.3, 0.4) is 0 Å². The van der Waals surface area contributed by atoms with E-state index < -0.39 is 5.91 Å². The first-order chi connectivity index (χ1) is 11.5. The third-order valence-electron chi connectivity index (χ3n) is 3.25. The molecule has 0 aromatic heterocycles. The molecule has 124 valence electrons. The van der Waals surface area contributed by atoms with E-state index in [2.05, 4.69) is 6.58 Å². The molecule has 0 bridgehead atoms. The van der Waals surface area contributed by atoms with Crippen molar-refractivity contribution in [3.05, 3.63) is 71.8 Å². The molecular formula is C18H17ClN2O3. The van der Waals surface area contributed by atoms with E-state index in [9.17, 15) is 9.59 Å². The van der Waals surface area contributed by atoms with Gasteiger partial charge in [-0.3, -0.25) is 9.59 Å². The number of ether oxygens (including phenoxy) is 1. The number of rotatable bonds is 7. The first-order valence-corrected chi connectivity index (χ1v) is 7.57. The van der Waals surface area contributed by atoms with Crippen LogP contribution < -0.4 is 15.4 Å². The maximum atomic E-state index is 12.2. The normalized spacial score (nSPS) is 10.0. The Labute approximate surface area is 145 Å². The number of primary amides is 1. The summed E-state index contributed by atoms with van der Waals surface area (Å²) in [5, 5.41) is 0.579. The first-order valence-electron chi connectivity index (χ1n) is 7.19. The number of hydrogen-bond donors (Lipinski definition) is 1. The number of carbonyl (C=O) groups is 2. The Bertz CT molecular complexity index is 744.